The lowest BCUT2D eigenvalue weighted by Crippen LogP contribution is -2.69. The maximum atomic E-state index is 5.12. The van der Waals surface area contributed by atoms with Crippen molar-refractivity contribution >= 4 is 17.2 Å². The summed E-state index contributed by atoms with van der Waals surface area (Å²) in [7, 11) is 2.25. The molecule has 0 saturated heterocycles. The van der Waals surface area contributed by atoms with E-state index in [2.05, 4.69) is 79.4 Å². The topological polar surface area (TPSA) is 32.3 Å². The van der Waals surface area contributed by atoms with Crippen molar-refractivity contribution in [1.82, 2.24) is 9.97 Å². The normalized spacial score (nSPS) is 29.4. The van der Waals surface area contributed by atoms with Crippen molar-refractivity contribution in [3.8, 4) is 11.4 Å². The Bertz CT molecular complexity index is 1230. The van der Waals surface area contributed by atoms with Crippen LogP contribution >= 0.6 is 0 Å². The fourth-order valence-electron chi connectivity index (χ4n) is 7.27. The molecule has 1 fully saturated rings. The predicted molar refractivity (Wildman–Crippen MR) is 120 cm³/mol. The largest absolute Gasteiger partial charge is 0.336 e. The number of rotatable bonds is 2. The minimum atomic E-state index is 0.272. The molecule has 0 radical (unpaired) electrons. The number of nitrogens with zero attached hydrogens (tertiary/aromatic N) is 4. The second kappa shape index (κ2) is 5.23. The fraction of sp³-hybridized carbons (Fsp3) is 0.385. The van der Waals surface area contributed by atoms with Crippen LogP contribution in [0.1, 0.15) is 42.9 Å². The van der Waals surface area contributed by atoms with Gasteiger partial charge in [-0.3, -0.25) is 0 Å². The number of anilines is 3. The van der Waals surface area contributed by atoms with Gasteiger partial charge in [-0.15, -0.1) is 0 Å². The highest BCUT2D eigenvalue weighted by Gasteiger charge is 2.70. The number of hydrogen-bond donors (Lipinski definition) is 0. The van der Waals surface area contributed by atoms with Gasteiger partial charge < -0.3 is 9.80 Å². The first-order chi connectivity index (χ1) is 14.6. The molecule has 1 spiro atoms. The van der Waals surface area contributed by atoms with Crippen molar-refractivity contribution in [1.29, 1.82) is 0 Å². The summed E-state index contributed by atoms with van der Waals surface area (Å²) in [6, 6.07) is 15.6. The van der Waals surface area contributed by atoms with Crippen LogP contribution < -0.4 is 9.80 Å². The van der Waals surface area contributed by atoms with E-state index in [-0.39, 0.29) is 5.41 Å². The van der Waals surface area contributed by atoms with E-state index in [1.165, 1.54) is 42.5 Å². The number of aryl methyl sites for hydroxylation is 1. The summed E-state index contributed by atoms with van der Waals surface area (Å²) in [6.45, 7) is 4.53. The number of benzene rings is 2. The lowest BCUT2D eigenvalue weighted by atomic mass is 9.43. The smallest absolute Gasteiger partial charge is 0.161 e. The van der Waals surface area contributed by atoms with E-state index < -0.39 is 0 Å². The molecule has 30 heavy (non-hydrogen) atoms. The molecule has 2 aromatic carbocycles. The first kappa shape index (κ1) is 16.9. The molecular formula is C26H26N4. The van der Waals surface area contributed by atoms with Crippen molar-refractivity contribution in [3.05, 3.63) is 65.4 Å². The third-order valence-corrected chi connectivity index (χ3v) is 8.76. The second-order valence-electron chi connectivity index (χ2n) is 9.69. The monoisotopic (exact) mass is 394 g/mol. The predicted octanol–water partition coefficient (Wildman–Crippen LogP) is 5.36. The van der Waals surface area contributed by atoms with Crippen LogP contribution in [0, 0.1) is 12.3 Å². The maximum absolute atomic E-state index is 5.12. The van der Waals surface area contributed by atoms with Gasteiger partial charge in [0.15, 0.2) is 11.6 Å². The Labute approximate surface area is 177 Å². The Morgan fingerprint density at radius 2 is 1.97 bits per heavy atom. The zero-order valence-corrected chi connectivity index (χ0v) is 17.8. The molecule has 0 N–H and O–H groups in total. The van der Waals surface area contributed by atoms with Gasteiger partial charge in [-0.2, -0.15) is 0 Å². The highest BCUT2D eigenvalue weighted by molar-refractivity contribution is 5.86. The molecule has 2 aliphatic heterocycles. The van der Waals surface area contributed by atoms with Crippen molar-refractivity contribution < 1.29 is 0 Å². The molecule has 3 heterocycles. The van der Waals surface area contributed by atoms with Gasteiger partial charge in [0.25, 0.3) is 0 Å². The summed E-state index contributed by atoms with van der Waals surface area (Å²) < 4.78 is 0. The van der Waals surface area contributed by atoms with E-state index in [1.807, 2.05) is 0 Å². The molecule has 3 atom stereocenters. The highest BCUT2D eigenvalue weighted by Crippen LogP contribution is 2.73. The molecule has 4 nitrogen and oxygen atoms in total. The van der Waals surface area contributed by atoms with Crippen molar-refractivity contribution in [2.75, 3.05) is 16.8 Å². The van der Waals surface area contributed by atoms with Crippen molar-refractivity contribution in [2.45, 2.75) is 51.1 Å². The van der Waals surface area contributed by atoms with E-state index in [1.54, 1.807) is 5.56 Å². The summed E-state index contributed by atoms with van der Waals surface area (Å²) in [5, 5.41) is 0. The average molecular weight is 395 g/mol. The molecule has 0 amide bonds. The Hall–Kier alpha value is -2.88. The van der Waals surface area contributed by atoms with Gasteiger partial charge in [0, 0.05) is 29.1 Å². The zero-order valence-electron chi connectivity index (χ0n) is 17.8. The third kappa shape index (κ3) is 1.65. The molecule has 4 aliphatic rings. The van der Waals surface area contributed by atoms with Crippen LogP contribution in [0.15, 0.2) is 48.7 Å². The molecule has 7 rings (SSSR count). The minimum absolute atomic E-state index is 0.272. The van der Waals surface area contributed by atoms with Crippen LogP contribution in [0.25, 0.3) is 11.4 Å². The Balaban J connectivity index is 1.45. The number of aromatic nitrogens is 2. The highest BCUT2D eigenvalue weighted by atomic mass is 15.5. The molecule has 1 saturated carbocycles. The number of fused-ring (bicyclic) bond motifs is 6. The van der Waals surface area contributed by atoms with E-state index >= 15 is 0 Å². The lowest BCUT2D eigenvalue weighted by Gasteiger charge is -2.66. The summed E-state index contributed by atoms with van der Waals surface area (Å²) in [5.41, 5.74) is 8.55. The van der Waals surface area contributed by atoms with Crippen LogP contribution in [0.4, 0.5) is 17.2 Å². The average Bonchev–Trinajstić information content (AvgIpc) is 3.24. The molecule has 150 valence electrons. The van der Waals surface area contributed by atoms with E-state index in [0.717, 1.165) is 22.9 Å². The summed E-state index contributed by atoms with van der Waals surface area (Å²) in [4.78, 5) is 15.0. The van der Waals surface area contributed by atoms with Crippen molar-refractivity contribution in [3.63, 3.8) is 0 Å². The molecule has 2 bridgehead atoms. The van der Waals surface area contributed by atoms with Gasteiger partial charge in [-0.25, -0.2) is 9.97 Å². The Morgan fingerprint density at radius 1 is 1.10 bits per heavy atom. The van der Waals surface area contributed by atoms with Gasteiger partial charge in [-0.1, -0.05) is 43.3 Å². The summed E-state index contributed by atoms with van der Waals surface area (Å²) in [6.07, 6.45) is 7.40. The fourth-order valence-corrected chi connectivity index (χ4v) is 7.27. The summed E-state index contributed by atoms with van der Waals surface area (Å²) >= 11 is 0. The minimum Gasteiger partial charge on any atom is -0.336 e. The van der Waals surface area contributed by atoms with Crippen LogP contribution in [-0.2, 0) is 11.8 Å². The van der Waals surface area contributed by atoms with Gasteiger partial charge in [-0.05, 0) is 55.4 Å². The van der Waals surface area contributed by atoms with Crippen LogP contribution in [0.5, 0.6) is 0 Å². The van der Waals surface area contributed by atoms with Crippen LogP contribution in [0.3, 0.4) is 0 Å². The summed E-state index contributed by atoms with van der Waals surface area (Å²) in [5.74, 6) is 1.89. The van der Waals surface area contributed by atoms with Crippen LogP contribution in [0.2, 0.25) is 0 Å². The quantitative estimate of drug-likeness (QED) is 0.585. The molecule has 3 aromatic rings. The van der Waals surface area contributed by atoms with E-state index in [0.29, 0.717) is 11.6 Å². The van der Waals surface area contributed by atoms with E-state index in [9.17, 15) is 0 Å². The lowest BCUT2D eigenvalue weighted by molar-refractivity contribution is -0.0396. The Kier molecular flexibility index (Phi) is 2.94. The van der Waals surface area contributed by atoms with Gasteiger partial charge >= 0.3 is 0 Å². The molecule has 4 heteroatoms. The standard InChI is InChI=1S/C26H26N4/c1-4-25-11-12-26(25)14-17-9-10-20(19(26)13-17)30-21-15-27-22(18-8-6-5-7-16(18)2)28-23(21)29(3)24(25)30/h5-10,13,15,24H,4,11-12,14H2,1-3H3. The molecule has 2 aliphatic carbocycles. The molecular weight excluding hydrogens is 368 g/mol. The first-order valence-electron chi connectivity index (χ1n) is 11.2. The molecule has 1 aromatic heterocycles. The van der Waals surface area contributed by atoms with Gasteiger partial charge in [0.05, 0.1) is 6.20 Å². The number of hydrogen-bond acceptors (Lipinski definition) is 4. The van der Waals surface area contributed by atoms with Crippen molar-refractivity contribution in [2.24, 2.45) is 5.41 Å². The van der Waals surface area contributed by atoms with Crippen LogP contribution in [-0.4, -0.2) is 23.2 Å². The first-order valence-corrected chi connectivity index (χ1v) is 11.2. The van der Waals surface area contributed by atoms with Gasteiger partial charge in [0.1, 0.15) is 11.9 Å². The maximum Gasteiger partial charge on any atom is 0.161 e. The second-order valence-corrected chi connectivity index (χ2v) is 9.69. The van der Waals surface area contributed by atoms with Gasteiger partial charge in [0.2, 0.25) is 0 Å². The third-order valence-electron chi connectivity index (χ3n) is 8.76. The SMILES string of the molecule is CCC12CCC13Cc1ccc(c3c1)N1c3cnc(-c4ccccc4C)nc3N(C)C12. The van der Waals surface area contributed by atoms with E-state index in [4.69, 9.17) is 9.97 Å². The Morgan fingerprint density at radius 3 is 2.73 bits per heavy atom. The zero-order chi connectivity index (χ0) is 20.3. The molecule has 3 unspecified atom stereocenters.